The normalized spacial score (nSPS) is 23.6. The number of cyclic esters (lactones) is 4. The number of rotatable bonds is 26. The van der Waals surface area contributed by atoms with Crippen LogP contribution in [-0.2, 0) is 107 Å². The van der Waals surface area contributed by atoms with Crippen LogP contribution < -0.4 is 54.8 Å². The van der Waals surface area contributed by atoms with Crippen molar-refractivity contribution in [3.05, 3.63) is 93.5 Å². The number of carboxylic acids is 1. The number of likely N-dealkylation sites (tertiary alicyclic amines) is 4. The van der Waals surface area contributed by atoms with Gasteiger partial charge < -0.3 is 122 Å². The van der Waals surface area contributed by atoms with E-state index in [0.717, 1.165) is 18.4 Å². The molecule has 0 bridgehead atoms. The summed E-state index contributed by atoms with van der Waals surface area (Å²) in [5, 5.41) is 25.8. The Morgan fingerprint density at radius 3 is 1.01 bits per heavy atom. The highest BCUT2D eigenvalue weighted by molar-refractivity contribution is 6.33. The topological polar surface area (TPSA) is 552 Å². The number of hydrogen-bond donors (Lipinski definition) is 11. The van der Waals surface area contributed by atoms with E-state index < -0.39 is 150 Å². The molecule has 17 N–H and O–H groups in total. The number of benzene rings is 3. The fourth-order valence-corrected chi connectivity index (χ4v) is 15.8. The number of nitrogen functional groups attached to an aromatic ring is 2. The number of anilines is 2. The summed E-state index contributed by atoms with van der Waals surface area (Å²) in [7, 11) is 0. The minimum Gasteiger partial charge on any atom is -0.478 e. The van der Waals surface area contributed by atoms with E-state index in [9.17, 15) is 71.9 Å². The van der Waals surface area contributed by atoms with Crippen LogP contribution in [0.5, 0.6) is 0 Å². The number of hydrogen-bond acceptors (Lipinski definition) is 26. The van der Waals surface area contributed by atoms with Gasteiger partial charge >= 0.3 is 35.9 Å². The van der Waals surface area contributed by atoms with E-state index in [-0.39, 0.29) is 119 Å². The maximum Gasteiger partial charge on any atom is 0.408 e. The van der Waals surface area contributed by atoms with Gasteiger partial charge in [-0.2, -0.15) is 0 Å². The molecule has 11 rings (SSSR count). The standard InChI is InChI=1S/C25H35N3O7.C24H33ClN4O6.2C17H29N3O5.C7H6ClNO2.CH4/c1-5-33-23-17(14-19(29)35-23)26-21(30)18-12-9-13-28(18)22(31)20(25(2,3)4)27-24(32)34-15-16-10-7-6-8-11-16;1-5-34-23-16(12-18(30)35-23)27-21(32)17-7-6-10-29(17)22(33)19(24(2,3)4)28-20(31)13-8-9-15(26)14(25)11-13;2*1-5-24-16-10(9-12(21)25-16)19-14(22)11-7-6-8-20(11)15(23)13(18)17(2,3)4;8-5-3-4(7(10)11)1-2-6(5)9;/h6-8,10-11,17-18,20,23H,5,9,12-15H2,1-4H3,(H,26,30)(H,27,32);8-9,11,16-17,19,23H,5-7,10,12,26H2,1-4H3,(H,27,32)(H,28,31);2*10-11,13,16H,5-9,18H2,1-4H3,(H,19,22);1-3H,9H2,(H,10,11);1H4/p+2/t17-,18-,20+,23+;16-,17-,19+,23+;2*10-,11-,13+,16+;;/m0000../s1. The van der Waals surface area contributed by atoms with Gasteiger partial charge in [-0.15, -0.1) is 0 Å². The molecule has 8 saturated heterocycles. The van der Waals surface area contributed by atoms with E-state index in [1.165, 1.54) is 46.2 Å². The third kappa shape index (κ3) is 31.0. The number of carbonyl (C=O) groups excluding carboxylic acids is 14. The Morgan fingerprint density at radius 2 is 0.727 bits per heavy atom. The number of carboxylic acid groups (broad SMARTS) is 1. The van der Waals surface area contributed by atoms with Gasteiger partial charge in [0, 0.05) is 69.0 Å². The molecule has 8 heterocycles. The van der Waals surface area contributed by atoms with Crippen molar-refractivity contribution in [2.75, 3.05) is 64.1 Å². The number of nitrogens with zero attached hydrogens (tertiary/aromatic N) is 4. The number of halogens is 2. The Hall–Kier alpha value is -10.6. The lowest BCUT2D eigenvalue weighted by Gasteiger charge is -2.35. The minimum atomic E-state index is -1.01. The summed E-state index contributed by atoms with van der Waals surface area (Å²) in [6.07, 6.45) is 1.24. The lowest BCUT2D eigenvalue weighted by Crippen LogP contribution is -2.73. The van der Waals surface area contributed by atoms with Gasteiger partial charge in [-0.1, -0.05) is 144 Å². The molecule has 10 amide bonds. The number of nitrogens with one attached hydrogen (secondary N) is 6. The van der Waals surface area contributed by atoms with E-state index >= 15 is 0 Å². The predicted molar refractivity (Wildman–Crippen MR) is 483 cm³/mol. The summed E-state index contributed by atoms with van der Waals surface area (Å²) in [6.45, 7) is 33.3. The number of carbonyl (C=O) groups is 15. The van der Waals surface area contributed by atoms with Gasteiger partial charge in [0.1, 0.15) is 67.0 Å². The molecular formula is C91H138Cl2N14O25+2. The maximum absolute atomic E-state index is 13.6. The quantitative estimate of drug-likeness (QED) is 0.0283. The molecule has 132 heavy (non-hydrogen) atoms. The number of amides is 10. The highest BCUT2D eigenvalue weighted by Gasteiger charge is 2.50. The van der Waals surface area contributed by atoms with Gasteiger partial charge in [-0.05, 0) is 132 Å². The summed E-state index contributed by atoms with van der Waals surface area (Å²) < 4.78 is 47.2. The van der Waals surface area contributed by atoms with Crippen molar-refractivity contribution in [3.63, 3.8) is 0 Å². The van der Waals surface area contributed by atoms with Crippen molar-refractivity contribution >= 4 is 124 Å². The number of aromatic carboxylic acids is 1. The second kappa shape index (κ2) is 49.4. The third-order valence-corrected chi connectivity index (χ3v) is 23.7. The highest BCUT2D eigenvalue weighted by atomic mass is 35.5. The second-order valence-electron chi connectivity index (χ2n) is 37.2. The molecule has 41 heteroatoms. The first kappa shape index (κ1) is 110. The number of quaternary nitrogens is 2. The zero-order valence-corrected chi connectivity index (χ0v) is 79.3. The summed E-state index contributed by atoms with van der Waals surface area (Å²) in [5.41, 5.74) is 19.2. The maximum atomic E-state index is 13.6. The number of alkyl carbamates (subject to hydrolysis) is 1. The fourth-order valence-electron chi connectivity index (χ4n) is 15.4. The van der Waals surface area contributed by atoms with Gasteiger partial charge in [0.2, 0.25) is 60.6 Å². The van der Waals surface area contributed by atoms with E-state index in [4.69, 9.17) is 82.4 Å². The Balaban J connectivity index is 0.000000262. The van der Waals surface area contributed by atoms with Crippen molar-refractivity contribution in [2.45, 2.75) is 300 Å². The van der Waals surface area contributed by atoms with Crippen LogP contribution in [0.1, 0.15) is 222 Å². The lowest BCUT2D eigenvalue weighted by molar-refractivity contribution is -0.428. The van der Waals surface area contributed by atoms with Crippen LogP contribution in [0, 0.1) is 21.7 Å². The molecule has 0 spiro atoms. The monoisotopic (exact) mass is 1900 g/mol. The second-order valence-corrected chi connectivity index (χ2v) is 38.0. The van der Waals surface area contributed by atoms with Crippen LogP contribution in [0.25, 0.3) is 0 Å². The molecule has 3 aromatic carbocycles. The minimum absolute atomic E-state index is 0. The van der Waals surface area contributed by atoms with Gasteiger partial charge in [0.15, 0.2) is 12.1 Å². The van der Waals surface area contributed by atoms with Crippen LogP contribution >= 0.6 is 23.2 Å². The molecule has 0 aromatic heterocycles. The number of esters is 4. The zero-order chi connectivity index (χ0) is 97.5. The highest BCUT2D eigenvalue weighted by Crippen LogP contribution is 2.33. The van der Waals surface area contributed by atoms with Crippen molar-refractivity contribution in [1.82, 2.24) is 51.5 Å². The summed E-state index contributed by atoms with van der Waals surface area (Å²) in [4.78, 5) is 193. The van der Waals surface area contributed by atoms with Crippen molar-refractivity contribution in [2.24, 2.45) is 21.7 Å². The molecule has 0 aliphatic carbocycles. The molecule has 3 aromatic rings. The molecule has 734 valence electrons. The summed E-state index contributed by atoms with van der Waals surface area (Å²) in [6, 6.07) is 10.5. The first-order chi connectivity index (χ1) is 61.4. The molecule has 39 nitrogen and oxygen atoms in total. The summed E-state index contributed by atoms with van der Waals surface area (Å²) >= 11 is 11.6. The number of nitrogens with two attached hydrogens (primary N) is 2. The van der Waals surface area contributed by atoms with Gasteiger partial charge in [-0.3, -0.25) is 62.3 Å². The van der Waals surface area contributed by atoms with Crippen LogP contribution in [0.15, 0.2) is 66.7 Å². The van der Waals surface area contributed by atoms with Crippen LogP contribution in [0.3, 0.4) is 0 Å². The average Bonchev–Trinajstić information content (AvgIpc) is 1.59. The van der Waals surface area contributed by atoms with E-state index in [0.29, 0.717) is 103 Å². The molecule has 0 saturated carbocycles. The molecule has 8 aliphatic heterocycles. The molecular weight excluding hydrogens is 1760 g/mol. The van der Waals surface area contributed by atoms with E-state index in [1.54, 1.807) is 37.5 Å². The van der Waals surface area contributed by atoms with Crippen LogP contribution in [0.4, 0.5) is 16.2 Å². The van der Waals surface area contributed by atoms with Gasteiger partial charge in [0.05, 0.1) is 52.7 Å². The Kier molecular flexibility index (Phi) is 41.3. The van der Waals surface area contributed by atoms with Crippen molar-refractivity contribution in [3.8, 4) is 0 Å². The Morgan fingerprint density at radius 1 is 0.439 bits per heavy atom. The van der Waals surface area contributed by atoms with Crippen LogP contribution in [-0.4, -0.2) is 264 Å². The largest absolute Gasteiger partial charge is 0.478 e. The molecule has 0 radical (unpaired) electrons. The average molecular weight is 1900 g/mol. The first-order valence-electron chi connectivity index (χ1n) is 44.4. The van der Waals surface area contributed by atoms with Crippen molar-refractivity contribution < 1.29 is 131 Å². The SMILES string of the molecule is C.CCO[C@@H]1OC(=O)C[C@@H]1NC(=O)[C@@H]1CCCN1C(=O)[C@@H](NC(=O)OCc1ccccc1)C(C)(C)C.CCO[C@@H]1OC(=O)C[C@@H]1NC(=O)[C@@H]1CCCN1C(=O)[C@@H](NC(=O)c1ccc(N)c(Cl)c1)C(C)(C)C.CCO[C@@H]1OC(=O)C[C@@H]1NC(=O)[C@@H]1CCCN1C(=O)[C@@H]([NH3+])C(C)(C)C.CCO[C@@H]1OC(=O)C[C@@H]1NC(=O)[C@@H]1CCCN1C(=O)[C@@H]([NH3+])C(C)(C)C.Nc1ccc(C(=O)O)cc1Cl. The smallest absolute Gasteiger partial charge is 0.408 e. The van der Waals surface area contributed by atoms with Gasteiger partial charge in [0.25, 0.3) is 17.7 Å². The molecule has 0 unspecified atom stereocenters. The summed E-state index contributed by atoms with van der Waals surface area (Å²) in [5.74, 6) is -5.37. The zero-order valence-electron chi connectivity index (χ0n) is 77.8. The van der Waals surface area contributed by atoms with Crippen molar-refractivity contribution in [1.29, 1.82) is 0 Å². The fraction of sp³-hybridized carbons (Fsp3) is 0.637. The third-order valence-electron chi connectivity index (χ3n) is 23.0. The molecule has 8 fully saturated rings. The Bertz CT molecular complexity index is 4430. The van der Waals surface area contributed by atoms with E-state index in [2.05, 4.69) is 43.4 Å². The van der Waals surface area contributed by atoms with Gasteiger partial charge in [-0.25, -0.2) is 9.59 Å². The predicted octanol–water partition coefficient (Wildman–Crippen LogP) is 5.08. The Labute approximate surface area is 781 Å². The van der Waals surface area contributed by atoms with E-state index in [1.807, 2.05) is 113 Å². The van der Waals surface area contributed by atoms with Crippen LogP contribution in [0.2, 0.25) is 10.0 Å². The molecule has 8 aliphatic rings. The lowest BCUT2D eigenvalue weighted by atomic mass is 9.85. The number of ether oxygens (including phenoxy) is 9. The molecule has 16 atom stereocenters. The first-order valence-corrected chi connectivity index (χ1v) is 45.1.